The van der Waals surface area contributed by atoms with Gasteiger partial charge in [0, 0.05) is 30.4 Å². The Morgan fingerprint density at radius 2 is 1.68 bits per heavy atom. The fraction of sp³-hybridized carbons (Fsp3) is 0.0714. The second-order valence-electron chi connectivity index (χ2n) is 4.54. The van der Waals surface area contributed by atoms with E-state index in [1.165, 1.54) is 42.7 Å². The number of sulfonamides is 1. The normalized spacial score (nSPS) is 12.1. The molecule has 0 fully saturated rings. The lowest BCUT2D eigenvalue weighted by Gasteiger charge is -2.07. The summed E-state index contributed by atoms with van der Waals surface area (Å²) in [7, 11) is -3.91. The van der Waals surface area contributed by atoms with Gasteiger partial charge in [0.05, 0.1) is 4.90 Å². The second-order valence-corrected chi connectivity index (χ2v) is 6.22. The molecule has 25 heavy (non-hydrogen) atoms. The topological polar surface area (TPSA) is 101 Å². The number of allylic oxidation sites excluding steroid dienone is 1. The standard InChI is InChI=1S/C14H11F3N4O3S/c15-14(16,17)12(22)6-9-18-10-2-4-11(5-3-10)25(23,24)21-13-19-7-1-8-20-13/h1-9,18H,(H,19,20,21)/b9-6+. The van der Waals surface area contributed by atoms with Crippen molar-refractivity contribution in [3.8, 4) is 0 Å². The fourth-order valence-electron chi connectivity index (χ4n) is 1.57. The highest BCUT2D eigenvalue weighted by Crippen LogP contribution is 2.18. The van der Waals surface area contributed by atoms with Crippen LogP contribution in [0, 0.1) is 0 Å². The minimum absolute atomic E-state index is 0.0964. The lowest BCUT2D eigenvalue weighted by molar-refractivity contribution is -0.165. The number of aromatic nitrogens is 2. The van der Waals surface area contributed by atoms with Gasteiger partial charge in [-0.25, -0.2) is 23.1 Å². The van der Waals surface area contributed by atoms with Crippen molar-refractivity contribution in [3.63, 3.8) is 0 Å². The van der Waals surface area contributed by atoms with Crippen LogP contribution >= 0.6 is 0 Å². The van der Waals surface area contributed by atoms with Gasteiger partial charge < -0.3 is 5.32 Å². The molecule has 0 aliphatic carbocycles. The molecule has 0 bridgehead atoms. The number of carbonyl (C=O) groups is 1. The molecule has 0 unspecified atom stereocenters. The highest BCUT2D eigenvalue weighted by Gasteiger charge is 2.36. The van der Waals surface area contributed by atoms with E-state index in [9.17, 15) is 26.4 Å². The zero-order chi connectivity index (χ0) is 18.5. The number of nitrogens with one attached hydrogen (secondary N) is 2. The van der Waals surface area contributed by atoms with Crippen LogP contribution in [0.3, 0.4) is 0 Å². The average molecular weight is 372 g/mol. The van der Waals surface area contributed by atoms with Crippen LogP contribution in [0.1, 0.15) is 0 Å². The van der Waals surface area contributed by atoms with Crippen molar-refractivity contribution in [2.75, 3.05) is 10.0 Å². The van der Waals surface area contributed by atoms with E-state index >= 15 is 0 Å². The number of benzene rings is 1. The number of hydrogen-bond acceptors (Lipinski definition) is 6. The van der Waals surface area contributed by atoms with Crippen molar-refractivity contribution in [3.05, 3.63) is 55.0 Å². The van der Waals surface area contributed by atoms with Crippen molar-refractivity contribution in [1.82, 2.24) is 9.97 Å². The maximum absolute atomic E-state index is 12.1. The van der Waals surface area contributed by atoms with Crippen molar-refractivity contribution in [2.24, 2.45) is 0 Å². The summed E-state index contributed by atoms with van der Waals surface area (Å²) in [5.74, 6) is -2.11. The van der Waals surface area contributed by atoms with Gasteiger partial charge in [0.2, 0.25) is 5.95 Å². The van der Waals surface area contributed by atoms with E-state index in [0.29, 0.717) is 11.8 Å². The number of carbonyl (C=O) groups excluding carboxylic acids is 1. The molecule has 0 aliphatic heterocycles. The van der Waals surface area contributed by atoms with Gasteiger partial charge in [0.25, 0.3) is 15.8 Å². The van der Waals surface area contributed by atoms with E-state index in [1.54, 1.807) is 0 Å². The molecule has 0 saturated heterocycles. The molecule has 0 radical (unpaired) electrons. The number of nitrogens with zero attached hydrogens (tertiary/aromatic N) is 2. The number of alkyl halides is 3. The summed E-state index contributed by atoms with van der Waals surface area (Å²) in [6.45, 7) is 0. The summed E-state index contributed by atoms with van der Waals surface area (Å²) < 4.78 is 62.5. The average Bonchev–Trinajstić information content (AvgIpc) is 2.55. The number of ketones is 1. The van der Waals surface area contributed by atoms with E-state index in [1.807, 2.05) is 0 Å². The Bertz CT molecular complexity index is 866. The molecule has 2 rings (SSSR count). The Hall–Kier alpha value is -2.95. The molecule has 7 nitrogen and oxygen atoms in total. The number of rotatable bonds is 6. The third-order valence-electron chi connectivity index (χ3n) is 2.72. The van der Waals surface area contributed by atoms with Gasteiger partial charge in [-0.15, -0.1) is 0 Å². The highest BCUT2D eigenvalue weighted by molar-refractivity contribution is 7.92. The molecule has 2 N–H and O–H groups in total. The molecule has 1 aromatic heterocycles. The Labute approximate surface area is 140 Å². The number of anilines is 2. The molecule has 0 amide bonds. The molecule has 0 aliphatic rings. The summed E-state index contributed by atoms with van der Waals surface area (Å²) in [6, 6.07) is 6.63. The van der Waals surface area contributed by atoms with Crippen LogP contribution in [0.4, 0.5) is 24.8 Å². The first-order valence-electron chi connectivity index (χ1n) is 6.62. The highest BCUT2D eigenvalue weighted by atomic mass is 32.2. The first-order valence-corrected chi connectivity index (χ1v) is 8.11. The molecule has 0 atom stereocenters. The van der Waals surface area contributed by atoms with Crippen molar-refractivity contribution in [2.45, 2.75) is 11.1 Å². The first-order chi connectivity index (χ1) is 11.7. The summed E-state index contributed by atoms with van der Waals surface area (Å²) in [5, 5.41) is 2.43. The monoisotopic (exact) mass is 372 g/mol. The Morgan fingerprint density at radius 1 is 1.08 bits per heavy atom. The molecular weight excluding hydrogens is 361 g/mol. The van der Waals surface area contributed by atoms with E-state index in [2.05, 4.69) is 20.0 Å². The van der Waals surface area contributed by atoms with E-state index < -0.39 is 22.0 Å². The Morgan fingerprint density at radius 3 is 2.24 bits per heavy atom. The Kier molecular flexibility index (Phi) is 5.37. The van der Waals surface area contributed by atoms with Crippen LogP contribution in [-0.4, -0.2) is 30.3 Å². The summed E-state index contributed by atoms with van der Waals surface area (Å²) >= 11 is 0. The van der Waals surface area contributed by atoms with E-state index in [4.69, 9.17) is 0 Å². The molecule has 0 saturated carbocycles. The van der Waals surface area contributed by atoms with Crippen LogP contribution in [0.15, 0.2) is 59.9 Å². The maximum Gasteiger partial charge on any atom is 0.454 e. The van der Waals surface area contributed by atoms with Gasteiger partial charge in [-0.2, -0.15) is 13.2 Å². The zero-order valence-electron chi connectivity index (χ0n) is 12.4. The molecule has 11 heteroatoms. The molecule has 2 aromatic rings. The SMILES string of the molecule is O=C(/C=C/Nc1ccc(S(=O)(=O)Nc2ncccn2)cc1)C(F)(F)F. The van der Waals surface area contributed by atoms with Crippen LogP contribution in [-0.2, 0) is 14.8 Å². The molecule has 132 valence electrons. The lowest BCUT2D eigenvalue weighted by atomic mass is 10.3. The quantitative estimate of drug-likeness (QED) is 0.755. The van der Waals surface area contributed by atoms with Gasteiger partial charge in [0.1, 0.15) is 0 Å². The zero-order valence-corrected chi connectivity index (χ0v) is 13.2. The predicted octanol–water partition coefficient (Wildman–Crippen LogP) is 2.33. The summed E-state index contributed by atoms with van der Waals surface area (Å²) in [6.07, 6.45) is -1.06. The van der Waals surface area contributed by atoms with Gasteiger partial charge in [0.15, 0.2) is 0 Å². The summed E-state index contributed by atoms with van der Waals surface area (Å²) in [5.41, 5.74) is 0.293. The minimum atomic E-state index is -4.94. The van der Waals surface area contributed by atoms with Gasteiger partial charge in [-0.1, -0.05) is 0 Å². The first kappa shape index (κ1) is 18.4. The van der Waals surface area contributed by atoms with Crippen molar-refractivity contribution in [1.29, 1.82) is 0 Å². The van der Waals surface area contributed by atoms with Crippen LogP contribution in [0.5, 0.6) is 0 Å². The number of hydrogen-bond donors (Lipinski definition) is 2. The Balaban J connectivity index is 2.04. The van der Waals surface area contributed by atoms with Crippen molar-refractivity contribution >= 4 is 27.4 Å². The number of halogens is 3. The second kappa shape index (κ2) is 7.30. The summed E-state index contributed by atoms with van der Waals surface area (Å²) in [4.78, 5) is 18.0. The lowest BCUT2D eigenvalue weighted by Crippen LogP contribution is -2.20. The van der Waals surface area contributed by atoms with E-state index in [-0.39, 0.29) is 10.8 Å². The largest absolute Gasteiger partial charge is 0.454 e. The van der Waals surface area contributed by atoms with Gasteiger partial charge in [-0.3, -0.25) is 4.79 Å². The molecule has 1 heterocycles. The molecule has 1 aromatic carbocycles. The van der Waals surface area contributed by atoms with Crippen molar-refractivity contribution < 1.29 is 26.4 Å². The third-order valence-corrected chi connectivity index (χ3v) is 4.06. The van der Waals surface area contributed by atoms with Crippen LogP contribution in [0.25, 0.3) is 0 Å². The van der Waals surface area contributed by atoms with Gasteiger partial charge in [-0.05, 0) is 30.3 Å². The van der Waals surface area contributed by atoms with Crippen LogP contribution < -0.4 is 10.0 Å². The smallest absolute Gasteiger partial charge is 0.362 e. The minimum Gasteiger partial charge on any atom is -0.362 e. The van der Waals surface area contributed by atoms with Gasteiger partial charge >= 0.3 is 6.18 Å². The molecule has 0 spiro atoms. The fourth-order valence-corrected chi connectivity index (χ4v) is 2.53. The maximum atomic E-state index is 12.1. The van der Waals surface area contributed by atoms with E-state index in [0.717, 1.165) is 6.20 Å². The van der Waals surface area contributed by atoms with Crippen LogP contribution in [0.2, 0.25) is 0 Å². The third kappa shape index (κ3) is 5.28. The predicted molar refractivity (Wildman–Crippen MR) is 83.1 cm³/mol. The molecular formula is C14H11F3N4O3S.